The molecule has 1 aromatic rings. The van der Waals surface area contributed by atoms with Crippen LogP contribution in [0.4, 0.5) is 4.79 Å². The van der Waals surface area contributed by atoms with Gasteiger partial charge in [-0.1, -0.05) is 30.3 Å². The molecule has 26 heavy (non-hydrogen) atoms. The smallest absolute Gasteiger partial charge is 0.408 e. The van der Waals surface area contributed by atoms with Gasteiger partial charge in [-0.05, 0) is 47.1 Å². The summed E-state index contributed by atoms with van der Waals surface area (Å²) in [7, 11) is 0. The molecule has 6 nitrogen and oxygen atoms in total. The van der Waals surface area contributed by atoms with E-state index in [0.717, 1.165) is 5.56 Å². The Labute approximate surface area is 155 Å². The largest absolute Gasteiger partial charge is 0.444 e. The molecule has 1 saturated heterocycles. The lowest BCUT2D eigenvalue weighted by atomic mass is 9.97. The predicted octanol–water partition coefficient (Wildman–Crippen LogP) is 3.28. The second kappa shape index (κ2) is 7.66. The van der Waals surface area contributed by atoms with Gasteiger partial charge in [0.15, 0.2) is 0 Å². The number of ether oxygens (including phenoxy) is 2. The van der Waals surface area contributed by atoms with E-state index in [2.05, 4.69) is 5.32 Å². The third kappa shape index (κ3) is 5.21. The molecular formula is C20H30N2O4. The first-order chi connectivity index (χ1) is 12.0. The quantitative estimate of drug-likeness (QED) is 0.896. The lowest BCUT2D eigenvalue weighted by Gasteiger charge is -2.46. The van der Waals surface area contributed by atoms with E-state index in [1.165, 1.54) is 0 Å². The van der Waals surface area contributed by atoms with Crippen molar-refractivity contribution in [3.8, 4) is 0 Å². The van der Waals surface area contributed by atoms with Crippen molar-refractivity contribution in [3.63, 3.8) is 0 Å². The van der Waals surface area contributed by atoms with Crippen molar-refractivity contribution in [1.82, 2.24) is 10.2 Å². The lowest BCUT2D eigenvalue weighted by molar-refractivity contribution is -0.155. The molecule has 0 aromatic heterocycles. The molecule has 1 heterocycles. The fraction of sp³-hybridized carbons (Fsp3) is 0.600. The average molecular weight is 362 g/mol. The van der Waals surface area contributed by atoms with Crippen molar-refractivity contribution in [1.29, 1.82) is 0 Å². The molecule has 0 aliphatic carbocycles. The Kier molecular flexibility index (Phi) is 5.96. The van der Waals surface area contributed by atoms with Crippen LogP contribution in [0.1, 0.15) is 53.1 Å². The minimum atomic E-state index is -0.810. The number of carbonyl (C=O) groups is 2. The van der Waals surface area contributed by atoms with E-state index in [1.807, 2.05) is 51.1 Å². The summed E-state index contributed by atoms with van der Waals surface area (Å²) < 4.78 is 11.1. The van der Waals surface area contributed by atoms with Gasteiger partial charge >= 0.3 is 6.09 Å². The summed E-state index contributed by atoms with van der Waals surface area (Å²) in [6.45, 7) is 12.2. The number of nitrogens with zero attached hydrogens (tertiary/aromatic N) is 1. The topological polar surface area (TPSA) is 67.9 Å². The number of nitrogens with one attached hydrogen (secondary N) is 1. The third-order valence-corrected chi connectivity index (χ3v) is 4.20. The second-order valence-corrected chi connectivity index (χ2v) is 8.37. The highest BCUT2D eigenvalue weighted by molar-refractivity contribution is 5.87. The first kappa shape index (κ1) is 20.2. The van der Waals surface area contributed by atoms with Crippen LogP contribution in [0, 0.1) is 0 Å². The predicted molar refractivity (Wildman–Crippen MR) is 99.8 cm³/mol. The molecule has 0 bridgehead atoms. The van der Waals surface area contributed by atoms with Crippen LogP contribution < -0.4 is 5.32 Å². The highest BCUT2D eigenvalue weighted by atomic mass is 16.6. The van der Waals surface area contributed by atoms with Gasteiger partial charge in [-0.15, -0.1) is 0 Å². The summed E-state index contributed by atoms with van der Waals surface area (Å²) in [5.41, 5.74) is -0.369. The number of carbonyl (C=O) groups excluding carboxylic acids is 2. The summed E-state index contributed by atoms with van der Waals surface area (Å²) in [6.07, 6.45) is -0.663. The summed E-state index contributed by atoms with van der Waals surface area (Å²) in [4.78, 5) is 27.5. The van der Waals surface area contributed by atoms with Crippen molar-refractivity contribution in [2.24, 2.45) is 0 Å². The van der Waals surface area contributed by atoms with E-state index in [-0.39, 0.29) is 12.0 Å². The van der Waals surface area contributed by atoms with E-state index in [1.54, 1.807) is 25.7 Å². The van der Waals surface area contributed by atoms with E-state index in [9.17, 15) is 9.59 Å². The van der Waals surface area contributed by atoms with Gasteiger partial charge in [-0.2, -0.15) is 0 Å². The Morgan fingerprint density at radius 3 is 2.46 bits per heavy atom. The van der Waals surface area contributed by atoms with Crippen molar-refractivity contribution in [2.45, 2.75) is 64.8 Å². The van der Waals surface area contributed by atoms with Crippen LogP contribution in [-0.4, -0.2) is 47.3 Å². The summed E-state index contributed by atoms with van der Waals surface area (Å²) >= 11 is 0. The van der Waals surface area contributed by atoms with Crippen LogP contribution in [0.25, 0.3) is 0 Å². The fourth-order valence-corrected chi connectivity index (χ4v) is 2.88. The maximum absolute atomic E-state index is 13.4. The van der Waals surface area contributed by atoms with E-state index < -0.39 is 23.3 Å². The molecule has 1 fully saturated rings. The van der Waals surface area contributed by atoms with Crippen molar-refractivity contribution < 1.29 is 19.1 Å². The molecule has 1 aromatic carbocycles. The minimum Gasteiger partial charge on any atom is -0.444 e. The molecule has 144 valence electrons. The Morgan fingerprint density at radius 2 is 1.88 bits per heavy atom. The van der Waals surface area contributed by atoms with Crippen molar-refractivity contribution in [2.75, 3.05) is 13.2 Å². The first-order valence-electron chi connectivity index (χ1n) is 8.97. The first-order valence-corrected chi connectivity index (χ1v) is 8.97. The number of alkyl carbamates (subject to hydrolysis) is 1. The van der Waals surface area contributed by atoms with E-state index in [0.29, 0.717) is 13.2 Å². The second-order valence-electron chi connectivity index (χ2n) is 8.37. The van der Waals surface area contributed by atoms with Gasteiger partial charge in [0.05, 0.1) is 18.2 Å². The van der Waals surface area contributed by atoms with Crippen molar-refractivity contribution in [3.05, 3.63) is 35.9 Å². The molecule has 6 heteroatoms. The van der Waals surface area contributed by atoms with Crippen LogP contribution in [0.15, 0.2) is 30.3 Å². The molecule has 2 amide bonds. The van der Waals surface area contributed by atoms with Gasteiger partial charge in [0.2, 0.25) is 0 Å². The van der Waals surface area contributed by atoms with Gasteiger partial charge in [0, 0.05) is 6.54 Å². The number of hydrogen-bond acceptors (Lipinski definition) is 4. The Bertz CT molecular complexity index is 637. The van der Waals surface area contributed by atoms with Crippen LogP contribution in [0.2, 0.25) is 0 Å². The summed E-state index contributed by atoms with van der Waals surface area (Å²) in [6, 6.07) is 8.42. The standard InChI is InChI=1S/C20H30N2O4/c1-14-12-22(20(5,6)13-25-14)17(23)16(15-10-8-7-9-11-15)21-18(24)26-19(2,3)4/h7-11,14,16H,12-13H2,1-6H3,(H,21,24). The molecule has 2 atom stereocenters. The maximum atomic E-state index is 13.4. The Morgan fingerprint density at radius 1 is 1.27 bits per heavy atom. The van der Waals surface area contributed by atoms with Crippen LogP contribution in [0.5, 0.6) is 0 Å². The molecule has 1 aliphatic heterocycles. The molecule has 0 spiro atoms. The number of amides is 2. The zero-order chi connectivity index (χ0) is 19.5. The zero-order valence-electron chi connectivity index (χ0n) is 16.5. The monoisotopic (exact) mass is 362 g/mol. The normalized spacial score (nSPS) is 21.0. The minimum absolute atomic E-state index is 0.0510. The van der Waals surface area contributed by atoms with Gasteiger partial charge in [-0.25, -0.2) is 4.79 Å². The molecule has 2 rings (SSSR count). The average Bonchev–Trinajstić information content (AvgIpc) is 2.53. The lowest BCUT2D eigenvalue weighted by Crippen LogP contribution is -2.60. The summed E-state index contributed by atoms with van der Waals surface area (Å²) in [5.74, 6) is -0.165. The zero-order valence-corrected chi connectivity index (χ0v) is 16.5. The van der Waals surface area contributed by atoms with Crippen LogP contribution in [-0.2, 0) is 14.3 Å². The van der Waals surface area contributed by atoms with Crippen LogP contribution >= 0.6 is 0 Å². The molecule has 1 N–H and O–H groups in total. The SMILES string of the molecule is CC1CN(C(=O)C(NC(=O)OC(C)(C)C)c2ccccc2)C(C)(C)CO1. The highest BCUT2D eigenvalue weighted by Crippen LogP contribution is 2.27. The Balaban J connectivity index is 2.28. The molecular weight excluding hydrogens is 332 g/mol. The van der Waals surface area contributed by atoms with Gasteiger partial charge < -0.3 is 19.7 Å². The Hall–Kier alpha value is -2.08. The van der Waals surface area contributed by atoms with Gasteiger partial charge in [-0.3, -0.25) is 4.79 Å². The fourth-order valence-electron chi connectivity index (χ4n) is 2.88. The van der Waals surface area contributed by atoms with Gasteiger partial charge in [0.1, 0.15) is 11.6 Å². The molecule has 0 radical (unpaired) electrons. The number of benzene rings is 1. The van der Waals surface area contributed by atoms with E-state index in [4.69, 9.17) is 9.47 Å². The number of hydrogen-bond donors (Lipinski definition) is 1. The number of morpholine rings is 1. The van der Waals surface area contributed by atoms with Crippen molar-refractivity contribution >= 4 is 12.0 Å². The van der Waals surface area contributed by atoms with Crippen LogP contribution in [0.3, 0.4) is 0 Å². The molecule has 1 aliphatic rings. The van der Waals surface area contributed by atoms with Gasteiger partial charge in [0.25, 0.3) is 5.91 Å². The molecule has 2 unspecified atom stereocenters. The highest BCUT2D eigenvalue weighted by Gasteiger charge is 2.40. The summed E-state index contributed by atoms with van der Waals surface area (Å²) in [5, 5.41) is 2.75. The van der Waals surface area contributed by atoms with E-state index >= 15 is 0 Å². The maximum Gasteiger partial charge on any atom is 0.408 e. The molecule has 0 saturated carbocycles. The number of rotatable bonds is 3. The third-order valence-electron chi connectivity index (χ3n) is 4.20.